The summed E-state index contributed by atoms with van der Waals surface area (Å²) in [5, 5.41) is 2.91. The highest BCUT2D eigenvalue weighted by Crippen LogP contribution is 2.30. The van der Waals surface area contributed by atoms with Crippen molar-refractivity contribution in [1.82, 2.24) is 10.2 Å². The third-order valence-corrected chi connectivity index (χ3v) is 4.72. The van der Waals surface area contributed by atoms with E-state index >= 15 is 0 Å². The normalized spacial score (nSPS) is 25.1. The fraction of sp³-hybridized carbons (Fsp3) is 0.529. The molecule has 1 aromatic rings. The number of benzene rings is 1. The molecule has 2 aliphatic rings. The predicted molar refractivity (Wildman–Crippen MR) is 82.0 cm³/mol. The van der Waals surface area contributed by atoms with Crippen molar-refractivity contribution in [3.05, 3.63) is 35.6 Å². The highest BCUT2D eigenvalue weighted by molar-refractivity contribution is 5.86. The highest BCUT2D eigenvalue weighted by Gasteiger charge is 2.40. The van der Waals surface area contributed by atoms with Gasteiger partial charge in [-0.2, -0.15) is 0 Å². The van der Waals surface area contributed by atoms with Gasteiger partial charge < -0.3 is 15.0 Å². The van der Waals surface area contributed by atoms with Gasteiger partial charge in [0.1, 0.15) is 12.4 Å². The van der Waals surface area contributed by atoms with E-state index in [1.54, 1.807) is 19.2 Å². The fourth-order valence-corrected chi connectivity index (χ4v) is 3.06. The van der Waals surface area contributed by atoms with Crippen molar-refractivity contribution in [1.29, 1.82) is 0 Å². The van der Waals surface area contributed by atoms with Gasteiger partial charge >= 0.3 is 0 Å². The quantitative estimate of drug-likeness (QED) is 0.917. The molecule has 0 radical (unpaired) electrons. The maximum atomic E-state index is 13.5. The Morgan fingerprint density at radius 2 is 2.22 bits per heavy atom. The lowest BCUT2D eigenvalue weighted by Crippen LogP contribution is -2.53. The van der Waals surface area contributed by atoms with E-state index in [0.717, 1.165) is 12.8 Å². The molecule has 3 rings (SSSR count). The largest absolute Gasteiger partial charge is 0.356 e. The molecule has 5 nitrogen and oxygen atoms in total. The van der Waals surface area contributed by atoms with Gasteiger partial charge in [-0.05, 0) is 36.5 Å². The smallest absolute Gasteiger partial charge is 0.251 e. The molecule has 2 atom stereocenters. The first-order valence-electron chi connectivity index (χ1n) is 7.96. The molecule has 1 N–H and O–H groups in total. The van der Waals surface area contributed by atoms with Crippen LogP contribution in [0.5, 0.6) is 0 Å². The number of hydrogen-bond donors (Lipinski definition) is 1. The van der Waals surface area contributed by atoms with Gasteiger partial charge in [0.2, 0.25) is 5.91 Å². The molecule has 1 saturated heterocycles. The van der Waals surface area contributed by atoms with E-state index < -0.39 is 18.0 Å². The van der Waals surface area contributed by atoms with E-state index in [9.17, 15) is 14.0 Å². The average molecular weight is 320 g/mol. The topological polar surface area (TPSA) is 58.6 Å². The Balaban J connectivity index is 1.77. The average Bonchev–Trinajstić information content (AvgIpc) is 2.48. The van der Waals surface area contributed by atoms with E-state index in [0.29, 0.717) is 18.0 Å². The summed E-state index contributed by atoms with van der Waals surface area (Å²) in [5.74, 6) is -0.329. The second kappa shape index (κ2) is 6.66. The molecule has 0 aromatic heterocycles. The lowest BCUT2D eigenvalue weighted by atomic mass is 9.85. The zero-order chi connectivity index (χ0) is 16.4. The Bertz CT molecular complexity index is 603. The molecule has 2 unspecified atom stereocenters. The third-order valence-electron chi connectivity index (χ3n) is 4.72. The van der Waals surface area contributed by atoms with Crippen molar-refractivity contribution < 1.29 is 18.7 Å². The van der Waals surface area contributed by atoms with Crippen LogP contribution in [-0.4, -0.2) is 43.0 Å². The minimum Gasteiger partial charge on any atom is -0.356 e. The minimum absolute atomic E-state index is 0.135. The number of hydrogen-bond acceptors (Lipinski definition) is 3. The zero-order valence-corrected chi connectivity index (χ0v) is 13.1. The zero-order valence-electron chi connectivity index (χ0n) is 13.1. The van der Waals surface area contributed by atoms with Gasteiger partial charge in [-0.3, -0.25) is 9.59 Å². The van der Waals surface area contributed by atoms with Gasteiger partial charge in [0.25, 0.3) is 5.91 Å². The van der Waals surface area contributed by atoms with Gasteiger partial charge in [-0.1, -0.05) is 18.6 Å². The Morgan fingerprint density at radius 3 is 2.87 bits per heavy atom. The Hall–Kier alpha value is -1.95. The Kier molecular flexibility index (Phi) is 4.61. The van der Waals surface area contributed by atoms with E-state index in [4.69, 9.17) is 4.74 Å². The molecule has 23 heavy (non-hydrogen) atoms. The van der Waals surface area contributed by atoms with E-state index in [-0.39, 0.29) is 18.4 Å². The summed E-state index contributed by atoms with van der Waals surface area (Å²) in [4.78, 5) is 25.9. The monoisotopic (exact) mass is 320 g/mol. The lowest BCUT2D eigenvalue weighted by Gasteiger charge is -2.38. The van der Waals surface area contributed by atoms with E-state index in [1.165, 1.54) is 23.5 Å². The second-order valence-corrected chi connectivity index (χ2v) is 6.28. The molecule has 1 aliphatic carbocycles. The van der Waals surface area contributed by atoms with Crippen molar-refractivity contribution in [2.75, 3.05) is 20.2 Å². The number of morpholine rings is 1. The summed E-state index contributed by atoms with van der Waals surface area (Å²) in [6, 6.07) is 5.34. The third kappa shape index (κ3) is 3.37. The fourth-order valence-electron chi connectivity index (χ4n) is 3.06. The molecule has 0 bridgehead atoms. The molecule has 1 heterocycles. The number of amides is 2. The highest BCUT2D eigenvalue weighted by atomic mass is 19.1. The maximum Gasteiger partial charge on any atom is 0.251 e. The first-order chi connectivity index (χ1) is 11.1. The van der Waals surface area contributed by atoms with Crippen LogP contribution in [0.4, 0.5) is 4.39 Å². The van der Waals surface area contributed by atoms with Crippen molar-refractivity contribution in [3.8, 4) is 0 Å². The van der Waals surface area contributed by atoms with Crippen molar-refractivity contribution in [2.24, 2.45) is 5.92 Å². The molecule has 1 aromatic carbocycles. The van der Waals surface area contributed by atoms with Gasteiger partial charge in [0.15, 0.2) is 6.10 Å². The summed E-state index contributed by atoms with van der Waals surface area (Å²) < 4.78 is 19.0. The van der Waals surface area contributed by atoms with Gasteiger partial charge in [-0.25, -0.2) is 4.39 Å². The van der Waals surface area contributed by atoms with Crippen LogP contribution in [0.3, 0.4) is 0 Å². The van der Waals surface area contributed by atoms with Crippen molar-refractivity contribution >= 4 is 11.8 Å². The summed E-state index contributed by atoms with van der Waals surface area (Å²) in [7, 11) is 1.62. The maximum absolute atomic E-state index is 13.5. The lowest BCUT2D eigenvalue weighted by molar-refractivity contribution is -0.162. The van der Waals surface area contributed by atoms with Crippen molar-refractivity contribution in [2.45, 2.75) is 31.4 Å². The van der Waals surface area contributed by atoms with E-state index in [1.807, 2.05) is 0 Å². The molecule has 124 valence electrons. The van der Waals surface area contributed by atoms with Crippen molar-refractivity contribution in [3.63, 3.8) is 0 Å². The van der Waals surface area contributed by atoms with Crippen LogP contribution >= 0.6 is 0 Å². The molecule has 1 aliphatic heterocycles. The van der Waals surface area contributed by atoms with Crippen LogP contribution in [0.2, 0.25) is 0 Å². The first kappa shape index (κ1) is 15.9. The number of carbonyl (C=O) groups excluding carboxylic acids is 2. The summed E-state index contributed by atoms with van der Waals surface area (Å²) in [6.07, 6.45) is 2.66. The number of nitrogens with zero attached hydrogens (tertiary/aromatic N) is 1. The van der Waals surface area contributed by atoms with Crippen LogP contribution in [0.25, 0.3) is 0 Å². The summed E-state index contributed by atoms with van der Waals surface area (Å²) in [5.41, 5.74) is 0.560. The van der Waals surface area contributed by atoms with Gasteiger partial charge in [0.05, 0.1) is 6.04 Å². The number of ether oxygens (including phenoxy) is 1. The number of nitrogens with one attached hydrogen (secondary N) is 1. The molecule has 0 spiro atoms. The standard InChI is InChI=1S/C17H21FN2O3/c1-20-14(21)10-23-16(17(22)19-9-11-4-2-5-11)15(20)12-6-3-7-13(18)8-12/h3,6-8,11,15-16H,2,4-5,9-10H2,1H3,(H,19,22). The molecular weight excluding hydrogens is 299 g/mol. The van der Waals surface area contributed by atoms with Crippen LogP contribution in [0, 0.1) is 11.7 Å². The van der Waals surface area contributed by atoms with Crippen LogP contribution in [0.15, 0.2) is 24.3 Å². The Morgan fingerprint density at radius 1 is 1.43 bits per heavy atom. The SMILES string of the molecule is CN1C(=O)COC(C(=O)NCC2CCC2)C1c1cccc(F)c1. The van der Waals surface area contributed by atoms with Gasteiger partial charge in [0, 0.05) is 13.6 Å². The predicted octanol–water partition coefficient (Wildman–Crippen LogP) is 1.64. The number of halogens is 1. The van der Waals surface area contributed by atoms with E-state index in [2.05, 4.69) is 5.32 Å². The Labute approximate surface area is 134 Å². The molecule has 2 fully saturated rings. The molecule has 6 heteroatoms. The van der Waals surface area contributed by atoms with Gasteiger partial charge in [-0.15, -0.1) is 0 Å². The summed E-state index contributed by atoms with van der Waals surface area (Å²) >= 11 is 0. The second-order valence-electron chi connectivity index (χ2n) is 6.28. The molecule has 2 amide bonds. The number of rotatable bonds is 4. The summed E-state index contributed by atoms with van der Waals surface area (Å²) in [6.45, 7) is 0.496. The van der Waals surface area contributed by atoms with Crippen LogP contribution in [-0.2, 0) is 14.3 Å². The number of carbonyl (C=O) groups is 2. The first-order valence-corrected chi connectivity index (χ1v) is 7.96. The van der Waals surface area contributed by atoms with Crippen LogP contribution < -0.4 is 5.32 Å². The van der Waals surface area contributed by atoms with Crippen LogP contribution in [0.1, 0.15) is 30.9 Å². The minimum atomic E-state index is -0.820. The molecular formula is C17H21FN2O3. The molecule has 1 saturated carbocycles. The number of likely N-dealkylation sites (N-methyl/N-ethyl adjacent to an activating group) is 1.